The highest BCUT2D eigenvalue weighted by Crippen LogP contribution is 2.34. The van der Waals surface area contributed by atoms with Gasteiger partial charge in [-0.3, -0.25) is 9.59 Å². The third-order valence-electron chi connectivity index (χ3n) is 4.45. The molecular weight excluding hydrogens is 288 g/mol. The van der Waals surface area contributed by atoms with Gasteiger partial charge in [0, 0.05) is 25.9 Å². The van der Waals surface area contributed by atoms with Gasteiger partial charge in [0.05, 0.1) is 6.04 Å². The van der Waals surface area contributed by atoms with Gasteiger partial charge in [0.2, 0.25) is 11.8 Å². The Bertz CT molecular complexity index is 575. The Morgan fingerprint density at radius 1 is 1.30 bits per heavy atom. The van der Waals surface area contributed by atoms with Crippen LogP contribution in [-0.4, -0.2) is 29.8 Å². The lowest BCUT2D eigenvalue weighted by molar-refractivity contribution is -0.128. The van der Waals surface area contributed by atoms with Crippen molar-refractivity contribution < 1.29 is 9.59 Å². The molecule has 1 aromatic carbocycles. The molecule has 0 aromatic heterocycles. The smallest absolute Gasteiger partial charge is 0.222 e. The van der Waals surface area contributed by atoms with Crippen molar-refractivity contribution >= 4 is 11.8 Å². The summed E-state index contributed by atoms with van der Waals surface area (Å²) in [6.07, 6.45) is 1.90. The second-order valence-electron chi connectivity index (χ2n) is 7.46. The normalized spacial score (nSPS) is 16.5. The van der Waals surface area contributed by atoms with E-state index in [1.807, 2.05) is 12.1 Å². The molecule has 1 aliphatic heterocycles. The Kier molecular flexibility index (Phi) is 5.45. The van der Waals surface area contributed by atoms with Crippen LogP contribution in [0.1, 0.15) is 57.2 Å². The van der Waals surface area contributed by atoms with Crippen molar-refractivity contribution in [3.8, 4) is 0 Å². The fourth-order valence-electron chi connectivity index (χ4n) is 3.08. The van der Waals surface area contributed by atoms with Gasteiger partial charge in [-0.05, 0) is 29.9 Å². The molecule has 0 radical (unpaired) electrons. The van der Waals surface area contributed by atoms with E-state index < -0.39 is 0 Å². The number of nitrogens with one attached hydrogen (secondary N) is 1. The van der Waals surface area contributed by atoms with E-state index in [9.17, 15) is 9.59 Å². The average molecular weight is 316 g/mol. The predicted octanol–water partition coefficient (Wildman–Crippen LogP) is 3.21. The number of hydrogen-bond donors (Lipinski definition) is 1. The summed E-state index contributed by atoms with van der Waals surface area (Å²) < 4.78 is 0. The van der Waals surface area contributed by atoms with E-state index in [4.69, 9.17) is 0 Å². The van der Waals surface area contributed by atoms with Crippen LogP contribution in [0.2, 0.25) is 0 Å². The molecule has 126 valence electrons. The lowest BCUT2D eigenvalue weighted by atomic mass is 9.81. The number of rotatable bonds is 5. The van der Waals surface area contributed by atoms with Gasteiger partial charge in [-0.25, -0.2) is 0 Å². The van der Waals surface area contributed by atoms with Crippen LogP contribution in [0.5, 0.6) is 0 Å². The molecule has 4 nitrogen and oxygen atoms in total. The van der Waals surface area contributed by atoms with Gasteiger partial charge in [-0.2, -0.15) is 0 Å². The second-order valence-corrected chi connectivity index (χ2v) is 7.46. The molecule has 4 heteroatoms. The van der Waals surface area contributed by atoms with Crippen molar-refractivity contribution in [3.63, 3.8) is 0 Å². The lowest BCUT2D eigenvalue weighted by Crippen LogP contribution is -2.38. The minimum atomic E-state index is -0.0781. The SMILES string of the molecule is Cc1ccccc1[C@@H](NC(=O)CCN1CCCC1=O)C(C)(C)C. The lowest BCUT2D eigenvalue weighted by Gasteiger charge is -2.33. The number of hydrogen-bond acceptors (Lipinski definition) is 2. The van der Waals surface area contributed by atoms with E-state index in [2.05, 4.69) is 45.1 Å². The van der Waals surface area contributed by atoms with Crippen LogP contribution < -0.4 is 5.32 Å². The number of amides is 2. The van der Waals surface area contributed by atoms with Gasteiger partial charge in [-0.15, -0.1) is 0 Å². The first-order chi connectivity index (χ1) is 10.8. The zero-order valence-corrected chi connectivity index (χ0v) is 14.7. The highest BCUT2D eigenvalue weighted by molar-refractivity contribution is 5.80. The van der Waals surface area contributed by atoms with E-state index in [1.165, 1.54) is 5.56 Å². The van der Waals surface area contributed by atoms with Crippen molar-refractivity contribution in [1.82, 2.24) is 10.2 Å². The Morgan fingerprint density at radius 2 is 2.00 bits per heavy atom. The first-order valence-electron chi connectivity index (χ1n) is 8.41. The summed E-state index contributed by atoms with van der Waals surface area (Å²) in [7, 11) is 0. The molecule has 0 spiro atoms. The number of carbonyl (C=O) groups is 2. The van der Waals surface area contributed by atoms with Crippen LogP contribution in [-0.2, 0) is 9.59 Å². The number of benzene rings is 1. The maximum atomic E-state index is 12.4. The number of likely N-dealkylation sites (tertiary alicyclic amines) is 1. The number of carbonyl (C=O) groups excluding carboxylic acids is 2. The van der Waals surface area contributed by atoms with Crippen molar-refractivity contribution in [3.05, 3.63) is 35.4 Å². The van der Waals surface area contributed by atoms with Gasteiger partial charge in [0.15, 0.2) is 0 Å². The van der Waals surface area contributed by atoms with Crippen molar-refractivity contribution in [2.24, 2.45) is 5.41 Å². The van der Waals surface area contributed by atoms with E-state index in [-0.39, 0.29) is 23.3 Å². The van der Waals surface area contributed by atoms with Crippen molar-refractivity contribution in [2.45, 2.75) is 53.0 Å². The molecule has 1 saturated heterocycles. The average Bonchev–Trinajstić information content (AvgIpc) is 2.88. The quantitative estimate of drug-likeness (QED) is 0.907. The maximum Gasteiger partial charge on any atom is 0.222 e. The summed E-state index contributed by atoms with van der Waals surface area (Å²) in [6.45, 7) is 9.78. The molecule has 1 aromatic rings. The molecule has 1 fully saturated rings. The van der Waals surface area contributed by atoms with E-state index in [0.29, 0.717) is 19.4 Å². The summed E-state index contributed by atoms with van der Waals surface area (Å²) in [4.78, 5) is 25.8. The Morgan fingerprint density at radius 3 is 2.57 bits per heavy atom. The van der Waals surface area contributed by atoms with Gasteiger partial charge in [0.25, 0.3) is 0 Å². The Balaban J connectivity index is 2.02. The first kappa shape index (κ1) is 17.5. The summed E-state index contributed by atoms with van der Waals surface area (Å²) in [5.74, 6) is 0.178. The van der Waals surface area contributed by atoms with Gasteiger partial charge in [0.1, 0.15) is 0 Å². The third-order valence-corrected chi connectivity index (χ3v) is 4.45. The molecule has 23 heavy (non-hydrogen) atoms. The summed E-state index contributed by atoms with van der Waals surface area (Å²) in [6, 6.07) is 8.14. The molecule has 0 aliphatic carbocycles. The highest BCUT2D eigenvalue weighted by atomic mass is 16.2. The van der Waals surface area contributed by atoms with Crippen LogP contribution in [0.4, 0.5) is 0 Å². The molecule has 1 aliphatic rings. The van der Waals surface area contributed by atoms with Crippen molar-refractivity contribution in [2.75, 3.05) is 13.1 Å². The maximum absolute atomic E-state index is 12.4. The zero-order chi connectivity index (χ0) is 17.0. The predicted molar refractivity (Wildman–Crippen MR) is 91.9 cm³/mol. The zero-order valence-electron chi connectivity index (χ0n) is 14.7. The molecule has 1 heterocycles. The Labute approximate surface area is 139 Å². The van der Waals surface area contributed by atoms with E-state index in [1.54, 1.807) is 4.90 Å². The Hall–Kier alpha value is -1.84. The van der Waals surface area contributed by atoms with Crippen LogP contribution in [0.15, 0.2) is 24.3 Å². The van der Waals surface area contributed by atoms with Crippen LogP contribution >= 0.6 is 0 Å². The van der Waals surface area contributed by atoms with Gasteiger partial charge >= 0.3 is 0 Å². The summed E-state index contributed by atoms with van der Waals surface area (Å²) >= 11 is 0. The molecule has 0 bridgehead atoms. The summed E-state index contributed by atoms with van der Waals surface area (Å²) in [5.41, 5.74) is 2.26. The molecule has 0 unspecified atom stereocenters. The molecule has 0 saturated carbocycles. The first-order valence-corrected chi connectivity index (χ1v) is 8.41. The topological polar surface area (TPSA) is 49.4 Å². The van der Waals surface area contributed by atoms with E-state index >= 15 is 0 Å². The molecule has 1 N–H and O–H groups in total. The minimum Gasteiger partial charge on any atom is -0.349 e. The number of aryl methyl sites for hydroxylation is 1. The number of nitrogens with zero attached hydrogens (tertiary/aromatic N) is 1. The monoisotopic (exact) mass is 316 g/mol. The third kappa shape index (κ3) is 4.57. The minimum absolute atomic E-state index is 0.00729. The highest BCUT2D eigenvalue weighted by Gasteiger charge is 2.29. The van der Waals surface area contributed by atoms with Gasteiger partial charge < -0.3 is 10.2 Å². The van der Waals surface area contributed by atoms with Crippen molar-refractivity contribution in [1.29, 1.82) is 0 Å². The van der Waals surface area contributed by atoms with Crippen LogP contribution in [0, 0.1) is 12.3 Å². The summed E-state index contributed by atoms with van der Waals surface area (Å²) in [5, 5.41) is 3.18. The fourth-order valence-corrected chi connectivity index (χ4v) is 3.08. The van der Waals surface area contributed by atoms with Crippen LogP contribution in [0.3, 0.4) is 0 Å². The molecular formula is C19H28N2O2. The largest absolute Gasteiger partial charge is 0.349 e. The standard InChI is InChI=1S/C19H28N2O2/c1-14-8-5-6-9-15(14)18(19(2,3)4)20-16(22)11-13-21-12-7-10-17(21)23/h5-6,8-9,18H,7,10-13H2,1-4H3,(H,20,22)/t18-/m1/s1. The fraction of sp³-hybridized carbons (Fsp3) is 0.579. The molecule has 1 atom stereocenters. The molecule has 2 amide bonds. The molecule has 2 rings (SSSR count). The van der Waals surface area contributed by atoms with Gasteiger partial charge in [-0.1, -0.05) is 45.0 Å². The van der Waals surface area contributed by atoms with E-state index in [0.717, 1.165) is 18.5 Å². The van der Waals surface area contributed by atoms with Crippen LogP contribution in [0.25, 0.3) is 0 Å². The second kappa shape index (κ2) is 7.16.